The summed E-state index contributed by atoms with van der Waals surface area (Å²) in [5, 5.41) is 11.8. The van der Waals surface area contributed by atoms with Crippen LogP contribution in [0.3, 0.4) is 0 Å². The summed E-state index contributed by atoms with van der Waals surface area (Å²) in [4.78, 5) is 12.4. The van der Waals surface area contributed by atoms with Crippen LogP contribution in [0.25, 0.3) is 0 Å². The van der Waals surface area contributed by atoms with Gasteiger partial charge < -0.3 is 10.4 Å². The number of aliphatic hydroxyl groups is 1. The molecule has 0 saturated heterocycles. The van der Waals surface area contributed by atoms with Gasteiger partial charge in [0.15, 0.2) is 0 Å². The van der Waals surface area contributed by atoms with Gasteiger partial charge in [0.1, 0.15) is 6.61 Å². The Balaban J connectivity index is 2.09. The number of rotatable bonds is 4. The lowest BCUT2D eigenvalue weighted by molar-refractivity contribution is 0.0939. The zero-order valence-electron chi connectivity index (χ0n) is 13.0. The van der Waals surface area contributed by atoms with Gasteiger partial charge in [0.25, 0.3) is 5.91 Å². The number of nitrogens with one attached hydrogen (secondary N) is 1. The first kappa shape index (κ1) is 15.6. The highest BCUT2D eigenvalue weighted by Crippen LogP contribution is 2.51. The first-order chi connectivity index (χ1) is 10.00. The third-order valence-electron chi connectivity index (χ3n) is 4.60. The van der Waals surface area contributed by atoms with Crippen LogP contribution in [0.4, 0.5) is 0 Å². The van der Waals surface area contributed by atoms with Crippen LogP contribution in [-0.4, -0.2) is 24.2 Å². The van der Waals surface area contributed by atoms with Gasteiger partial charge in [0, 0.05) is 17.7 Å². The molecule has 1 aromatic rings. The number of hydrogen-bond donors (Lipinski definition) is 2. The molecule has 112 valence electrons. The summed E-state index contributed by atoms with van der Waals surface area (Å²) in [6.45, 7) is 6.90. The maximum atomic E-state index is 12.4. The lowest BCUT2D eigenvalue weighted by atomic mass is 9.92. The van der Waals surface area contributed by atoms with Gasteiger partial charge in [0.05, 0.1) is 0 Å². The van der Waals surface area contributed by atoms with Crippen LogP contribution in [0.1, 0.15) is 48.2 Å². The van der Waals surface area contributed by atoms with E-state index >= 15 is 0 Å². The summed E-state index contributed by atoms with van der Waals surface area (Å²) in [6, 6.07) is 5.52. The number of carbonyl (C=O) groups excluding carboxylic acids is 1. The molecule has 0 unspecified atom stereocenters. The number of benzene rings is 1. The van der Waals surface area contributed by atoms with E-state index in [1.165, 1.54) is 12.8 Å². The Morgan fingerprint density at radius 2 is 2.14 bits per heavy atom. The number of amides is 1. The highest BCUT2D eigenvalue weighted by Gasteiger charge is 2.45. The van der Waals surface area contributed by atoms with Crippen molar-refractivity contribution in [2.75, 3.05) is 13.2 Å². The molecule has 3 nitrogen and oxygen atoms in total. The standard InChI is InChI=1S/C18H23NO2/c1-13(2)18(9-10-18)12-19-17(21)16-8-4-6-15(14(16)3)7-5-11-20/h4,6,8,13,20H,9-12H2,1-3H3,(H,19,21). The van der Waals surface area contributed by atoms with E-state index in [4.69, 9.17) is 5.11 Å². The summed E-state index contributed by atoms with van der Waals surface area (Å²) in [6.07, 6.45) is 2.40. The molecule has 1 amide bonds. The highest BCUT2D eigenvalue weighted by atomic mass is 16.2. The predicted octanol–water partition coefficient (Wildman–Crippen LogP) is 2.50. The van der Waals surface area contributed by atoms with Crippen LogP contribution in [-0.2, 0) is 0 Å². The Bertz CT molecular complexity index is 589. The molecular weight excluding hydrogens is 262 g/mol. The van der Waals surface area contributed by atoms with E-state index in [1.54, 1.807) is 0 Å². The minimum absolute atomic E-state index is 0.0351. The molecule has 2 N–H and O–H groups in total. The largest absolute Gasteiger partial charge is 0.384 e. The molecule has 1 aliphatic rings. The summed E-state index contributed by atoms with van der Waals surface area (Å²) >= 11 is 0. The molecule has 0 atom stereocenters. The average molecular weight is 285 g/mol. The van der Waals surface area contributed by atoms with Crippen molar-refractivity contribution in [3.05, 3.63) is 34.9 Å². The molecule has 1 saturated carbocycles. The van der Waals surface area contributed by atoms with Crippen molar-refractivity contribution >= 4 is 5.91 Å². The maximum Gasteiger partial charge on any atom is 0.251 e. The normalized spacial score (nSPS) is 15.3. The first-order valence-electron chi connectivity index (χ1n) is 7.48. The summed E-state index contributed by atoms with van der Waals surface area (Å²) in [5.41, 5.74) is 2.63. The van der Waals surface area contributed by atoms with Crippen LogP contribution < -0.4 is 5.32 Å². The second kappa shape index (κ2) is 6.32. The van der Waals surface area contributed by atoms with Crippen molar-refractivity contribution < 1.29 is 9.90 Å². The van der Waals surface area contributed by atoms with Gasteiger partial charge in [-0.3, -0.25) is 4.79 Å². The van der Waals surface area contributed by atoms with E-state index in [0.29, 0.717) is 16.9 Å². The van der Waals surface area contributed by atoms with Crippen molar-refractivity contribution in [2.45, 2.75) is 33.6 Å². The van der Waals surface area contributed by atoms with E-state index in [0.717, 1.165) is 17.7 Å². The number of hydrogen-bond acceptors (Lipinski definition) is 2. The van der Waals surface area contributed by atoms with Crippen molar-refractivity contribution in [3.63, 3.8) is 0 Å². The fourth-order valence-electron chi connectivity index (χ4n) is 2.62. The SMILES string of the molecule is Cc1c(C#CCO)cccc1C(=O)NCC1(C(C)C)CC1. The third kappa shape index (κ3) is 3.46. The van der Waals surface area contributed by atoms with Crippen LogP contribution in [0.5, 0.6) is 0 Å². The summed E-state index contributed by atoms with van der Waals surface area (Å²) in [7, 11) is 0. The Labute approximate surface area is 126 Å². The molecule has 0 radical (unpaired) electrons. The molecule has 0 spiro atoms. The monoisotopic (exact) mass is 285 g/mol. The number of carbonyl (C=O) groups is 1. The van der Waals surface area contributed by atoms with Gasteiger partial charge in [0.2, 0.25) is 0 Å². The number of aliphatic hydroxyl groups excluding tert-OH is 1. The van der Waals surface area contributed by atoms with E-state index in [9.17, 15) is 4.79 Å². The molecular formula is C18H23NO2. The quantitative estimate of drug-likeness (QED) is 0.835. The molecule has 0 heterocycles. The van der Waals surface area contributed by atoms with Crippen LogP contribution in [0.15, 0.2) is 18.2 Å². The van der Waals surface area contributed by atoms with Crippen LogP contribution in [0, 0.1) is 30.1 Å². The molecule has 21 heavy (non-hydrogen) atoms. The Hall–Kier alpha value is -1.79. The molecule has 1 fully saturated rings. The van der Waals surface area contributed by atoms with Gasteiger partial charge in [-0.05, 0) is 48.8 Å². The topological polar surface area (TPSA) is 49.3 Å². The Morgan fingerprint density at radius 1 is 1.43 bits per heavy atom. The minimum atomic E-state index is -0.174. The molecule has 1 aliphatic carbocycles. The van der Waals surface area contributed by atoms with Crippen LogP contribution >= 0.6 is 0 Å². The predicted molar refractivity (Wildman–Crippen MR) is 84.0 cm³/mol. The highest BCUT2D eigenvalue weighted by molar-refractivity contribution is 5.96. The zero-order chi connectivity index (χ0) is 15.5. The third-order valence-corrected chi connectivity index (χ3v) is 4.60. The fraction of sp³-hybridized carbons (Fsp3) is 0.500. The molecule has 3 heteroatoms. The van der Waals surface area contributed by atoms with E-state index < -0.39 is 0 Å². The first-order valence-corrected chi connectivity index (χ1v) is 7.48. The Kier molecular flexibility index (Phi) is 4.69. The zero-order valence-corrected chi connectivity index (χ0v) is 13.0. The average Bonchev–Trinajstić information content (AvgIpc) is 3.25. The molecule has 0 aliphatic heterocycles. The second-order valence-electron chi connectivity index (χ2n) is 6.14. The van der Waals surface area contributed by atoms with Gasteiger partial charge >= 0.3 is 0 Å². The molecule has 1 aromatic carbocycles. The van der Waals surface area contributed by atoms with Crippen molar-refractivity contribution in [1.82, 2.24) is 5.32 Å². The van der Waals surface area contributed by atoms with E-state index in [2.05, 4.69) is 31.0 Å². The van der Waals surface area contributed by atoms with Gasteiger partial charge in [-0.1, -0.05) is 31.8 Å². The van der Waals surface area contributed by atoms with Gasteiger partial charge in [-0.2, -0.15) is 0 Å². The van der Waals surface area contributed by atoms with Gasteiger partial charge in [-0.25, -0.2) is 0 Å². The molecule has 0 bridgehead atoms. The van der Waals surface area contributed by atoms with Crippen molar-refractivity contribution in [2.24, 2.45) is 11.3 Å². The summed E-state index contributed by atoms with van der Waals surface area (Å²) in [5.74, 6) is 6.07. The minimum Gasteiger partial charge on any atom is -0.384 e. The Morgan fingerprint density at radius 3 is 2.71 bits per heavy atom. The lowest BCUT2D eigenvalue weighted by Gasteiger charge is -2.20. The fourth-order valence-corrected chi connectivity index (χ4v) is 2.62. The summed E-state index contributed by atoms with van der Waals surface area (Å²) < 4.78 is 0. The smallest absolute Gasteiger partial charge is 0.251 e. The van der Waals surface area contributed by atoms with E-state index in [-0.39, 0.29) is 12.5 Å². The maximum absolute atomic E-state index is 12.4. The van der Waals surface area contributed by atoms with Crippen molar-refractivity contribution in [1.29, 1.82) is 0 Å². The van der Waals surface area contributed by atoms with Crippen molar-refractivity contribution in [3.8, 4) is 11.8 Å². The molecule has 2 rings (SSSR count). The molecule has 0 aromatic heterocycles. The second-order valence-corrected chi connectivity index (χ2v) is 6.14. The lowest BCUT2D eigenvalue weighted by Crippen LogP contribution is -2.33. The van der Waals surface area contributed by atoms with E-state index in [1.807, 2.05) is 25.1 Å². The van der Waals surface area contributed by atoms with Crippen LogP contribution in [0.2, 0.25) is 0 Å². The van der Waals surface area contributed by atoms with Gasteiger partial charge in [-0.15, -0.1) is 0 Å².